The van der Waals surface area contributed by atoms with Crippen molar-refractivity contribution in [1.82, 2.24) is 9.80 Å². The zero-order valence-electron chi connectivity index (χ0n) is 12.9. The number of hydrogen-bond donors (Lipinski definition) is 0. The van der Waals surface area contributed by atoms with Crippen LogP contribution in [0.25, 0.3) is 0 Å². The van der Waals surface area contributed by atoms with Crippen LogP contribution in [0.4, 0.5) is 0 Å². The lowest BCUT2D eigenvalue weighted by molar-refractivity contribution is -0.291. The lowest BCUT2D eigenvalue weighted by atomic mass is 10.1. The largest absolute Gasteiger partial charge is 0.339 e. The molecule has 0 radical (unpaired) electrons. The highest BCUT2D eigenvalue weighted by atomic mass is 17.3. The van der Waals surface area contributed by atoms with E-state index >= 15 is 0 Å². The summed E-state index contributed by atoms with van der Waals surface area (Å²) in [5.74, 6) is -0.461. The highest BCUT2D eigenvalue weighted by Gasteiger charge is 2.50. The van der Waals surface area contributed by atoms with Gasteiger partial charge < -0.3 is 14.5 Å². The van der Waals surface area contributed by atoms with Crippen LogP contribution >= 0.6 is 0 Å². The summed E-state index contributed by atoms with van der Waals surface area (Å²) < 4.78 is 5.40. The van der Waals surface area contributed by atoms with E-state index in [2.05, 4.69) is 0 Å². The minimum Gasteiger partial charge on any atom is -0.339 e. The number of carbonyl (C=O) groups excluding carboxylic acids is 2. The molecule has 0 aliphatic carbocycles. The van der Waals surface area contributed by atoms with E-state index in [4.69, 9.17) is 14.5 Å². The lowest BCUT2D eigenvalue weighted by Gasteiger charge is -2.25. The molecule has 1 saturated heterocycles. The average molecular weight is 298 g/mol. The molecule has 118 valence electrons. The Labute approximate surface area is 124 Å². The summed E-state index contributed by atoms with van der Waals surface area (Å²) in [7, 11) is 0. The highest BCUT2D eigenvalue weighted by Crippen LogP contribution is 2.37. The van der Waals surface area contributed by atoms with Gasteiger partial charge in [-0.2, -0.15) is 9.78 Å². The summed E-state index contributed by atoms with van der Waals surface area (Å²) in [5, 5.41) is 0. The minimum absolute atomic E-state index is 0.230. The van der Waals surface area contributed by atoms with Gasteiger partial charge in [0.2, 0.25) is 12.6 Å². The van der Waals surface area contributed by atoms with Crippen molar-refractivity contribution in [1.29, 1.82) is 0 Å². The molecule has 0 saturated carbocycles. The van der Waals surface area contributed by atoms with Crippen molar-refractivity contribution in [2.75, 3.05) is 26.2 Å². The number of nitrogens with zero attached hydrogens (tertiary/aromatic N) is 2. The second-order valence-corrected chi connectivity index (χ2v) is 4.77. The molecular formula is C14H22N2O5. The Hall–Kier alpha value is -1.44. The maximum atomic E-state index is 12.6. The molecule has 2 aliphatic rings. The van der Waals surface area contributed by atoms with Crippen molar-refractivity contribution in [2.45, 2.75) is 40.3 Å². The fourth-order valence-corrected chi connectivity index (χ4v) is 2.54. The fraction of sp³-hybridized carbons (Fsp3) is 0.714. The molecule has 2 rings (SSSR count). The summed E-state index contributed by atoms with van der Waals surface area (Å²) in [6.45, 7) is 9.79. The third-order valence-electron chi connectivity index (χ3n) is 3.80. The van der Waals surface area contributed by atoms with Crippen LogP contribution in [0.15, 0.2) is 11.1 Å². The van der Waals surface area contributed by atoms with Gasteiger partial charge in [-0.1, -0.05) is 0 Å². The number of ether oxygens (including phenoxy) is 1. The molecule has 0 N–H and O–H groups in total. The Bertz CT molecular complexity index is 414. The number of rotatable bonds is 6. The van der Waals surface area contributed by atoms with Crippen LogP contribution < -0.4 is 0 Å². The molecule has 0 aromatic carbocycles. The molecule has 2 bridgehead atoms. The lowest BCUT2D eigenvalue weighted by Crippen LogP contribution is -2.40. The van der Waals surface area contributed by atoms with Crippen LogP contribution in [-0.4, -0.2) is 60.4 Å². The Morgan fingerprint density at radius 2 is 1.14 bits per heavy atom. The van der Waals surface area contributed by atoms with Crippen LogP contribution in [0.2, 0.25) is 0 Å². The van der Waals surface area contributed by atoms with Gasteiger partial charge in [-0.3, -0.25) is 9.59 Å². The van der Waals surface area contributed by atoms with Crippen molar-refractivity contribution in [3.63, 3.8) is 0 Å². The Morgan fingerprint density at radius 1 is 0.810 bits per heavy atom. The molecule has 2 aliphatic heterocycles. The summed E-state index contributed by atoms with van der Waals surface area (Å²) in [6.07, 6.45) is -1.81. The first-order chi connectivity index (χ1) is 10.1. The topological polar surface area (TPSA) is 68.3 Å². The van der Waals surface area contributed by atoms with Gasteiger partial charge in [-0.25, -0.2) is 0 Å². The minimum atomic E-state index is -0.905. The highest BCUT2D eigenvalue weighted by molar-refractivity contribution is 6.06. The Morgan fingerprint density at radius 3 is 1.43 bits per heavy atom. The summed E-state index contributed by atoms with van der Waals surface area (Å²) >= 11 is 0. The quantitative estimate of drug-likeness (QED) is 0.674. The third kappa shape index (κ3) is 2.68. The first-order valence-corrected chi connectivity index (χ1v) is 7.39. The molecule has 2 heterocycles. The molecule has 0 aromatic heterocycles. The zero-order valence-corrected chi connectivity index (χ0v) is 12.9. The van der Waals surface area contributed by atoms with Crippen molar-refractivity contribution in [3.8, 4) is 0 Å². The molecule has 21 heavy (non-hydrogen) atoms. The molecule has 0 aromatic rings. The maximum Gasteiger partial charge on any atom is 0.255 e. The van der Waals surface area contributed by atoms with Crippen molar-refractivity contribution < 1.29 is 24.1 Å². The monoisotopic (exact) mass is 298 g/mol. The number of hydrogen-bond acceptors (Lipinski definition) is 5. The van der Waals surface area contributed by atoms with Crippen LogP contribution in [0.5, 0.6) is 0 Å². The number of likely N-dealkylation sites (N-methyl/N-ethyl adjacent to an activating group) is 2. The molecule has 2 amide bonds. The fourth-order valence-electron chi connectivity index (χ4n) is 2.54. The van der Waals surface area contributed by atoms with E-state index in [-0.39, 0.29) is 23.0 Å². The summed E-state index contributed by atoms with van der Waals surface area (Å²) in [4.78, 5) is 38.4. The van der Waals surface area contributed by atoms with E-state index in [0.717, 1.165) is 0 Å². The van der Waals surface area contributed by atoms with E-state index in [1.54, 1.807) is 9.80 Å². The first-order valence-electron chi connectivity index (χ1n) is 7.39. The summed E-state index contributed by atoms with van der Waals surface area (Å²) in [5.41, 5.74) is 0.540. The van der Waals surface area contributed by atoms with E-state index in [1.807, 2.05) is 27.7 Å². The van der Waals surface area contributed by atoms with Crippen LogP contribution in [-0.2, 0) is 24.1 Å². The van der Waals surface area contributed by atoms with Gasteiger partial charge in [-0.05, 0) is 27.7 Å². The van der Waals surface area contributed by atoms with Crippen molar-refractivity contribution >= 4 is 11.8 Å². The normalized spacial score (nSPS) is 23.6. The van der Waals surface area contributed by atoms with E-state index in [9.17, 15) is 9.59 Å². The van der Waals surface area contributed by atoms with Gasteiger partial charge in [0.1, 0.15) is 0 Å². The van der Waals surface area contributed by atoms with E-state index < -0.39 is 12.6 Å². The van der Waals surface area contributed by atoms with Gasteiger partial charge in [-0.15, -0.1) is 0 Å². The summed E-state index contributed by atoms with van der Waals surface area (Å²) in [6, 6.07) is 0. The zero-order chi connectivity index (χ0) is 15.6. The van der Waals surface area contributed by atoms with Gasteiger partial charge in [0.25, 0.3) is 11.8 Å². The smallest absolute Gasteiger partial charge is 0.255 e. The van der Waals surface area contributed by atoms with Gasteiger partial charge in [0, 0.05) is 26.2 Å². The van der Waals surface area contributed by atoms with Gasteiger partial charge in [0.05, 0.1) is 11.1 Å². The second kappa shape index (κ2) is 6.55. The van der Waals surface area contributed by atoms with Gasteiger partial charge >= 0.3 is 0 Å². The SMILES string of the molecule is CCN(CC)C(=O)C1=C(C(=O)N(CC)CC)C2OOC1O2. The Kier molecular flexibility index (Phi) is 4.97. The molecule has 2 unspecified atom stereocenters. The molecule has 2 atom stereocenters. The molecule has 1 fully saturated rings. The van der Waals surface area contributed by atoms with Crippen LogP contribution in [0.1, 0.15) is 27.7 Å². The standard InChI is InChI=1S/C14H22N2O5/c1-5-15(6-2)11(17)9-10(12(18)16(7-3)8-4)14-19-13(9)20-21-14/h13-14H,5-8H2,1-4H3. The second-order valence-electron chi connectivity index (χ2n) is 4.77. The maximum absolute atomic E-state index is 12.6. The first kappa shape index (κ1) is 15.9. The van der Waals surface area contributed by atoms with Crippen LogP contribution in [0.3, 0.4) is 0 Å². The number of carbonyl (C=O) groups is 2. The number of amides is 2. The van der Waals surface area contributed by atoms with Gasteiger partial charge in [0.15, 0.2) is 0 Å². The average Bonchev–Trinajstić information content (AvgIpc) is 3.10. The molecule has 0 spiro atoms. The van der Waals surface area contributed by atoms with E-state index in [0.29, 0.717) is 26.2 Å². The molecule has 7 heteroatoms. The van der Waals surface area contributed by atoms with E-state index in [1.165, 1.54) is 0 Å². The molecular weight excluding hydrogens is 276 g/mol. The predicted molar refractivity (Wildman–Crippen MR) is 73.7 cm³/mol. The molecule has 7 nitrogen and oxygen atoms in total. The van der Waals surface area contributed by atoms with Crippen molar-refractivity contribution in [3.05, 3.63) is 11.1 Å². The van der Waals surface area contributed by atoms with Crippen molar-refractivity contribution in [2.24, 2.45) is 0 Å². The Balaban J connectivity index is 2.37. The van der Waals surface area contributed by atoms with Crippen LogP contribution in [0, 0.1) is 0 Å². The number of fused-ring (bicyclic) bond motifs is 2. The third-order valence-corrected chi connectivity index (χ3v) is 3.80. The predicted octanol–water partition coefficient (Wildman–Crippen LogP) is 0.664.